The van der Waals surface area contributed by atoms with Crippen LogP contribution in [0, 0.1) is 15.3 Å². The van der Waals surface area contributed by atoms with Crippen molar-refractivity contribution in [3.63, 3.8) is 0 Å². The van der Waals surface area contributed by atoms with E-state index in [0.29, 0.717) is 5.56 Å². The Balaban J connectivity index is 2.36. The minimum absolute atomic E-state index is 0.195. The maximum absolute atomic E-state index is 13.1. The summed E-state index contributed by atoms with van der Waals surface area (Å²) in [5.41, 5.74) is 0.592. The van der Waals surface area contributed by atoms with Crippen molar-refractivity contribution >= 4 is 28.6 Å². The van der Waals surface area contributed by atoms with Gasteiger partial charge in [0.05, 0.1) is 5.92 Å². The summed E-state index contributed by atoms with van der Waals surface area (Å²) in [6, 6.07) is 4.48. The second kappa shape index (κ2) is 4.08. The van der Waals surface area contributed by atoms with E-state index in [4.69, 9.17) is 5.11 Å². The predicted molar refractivity (Wildman–Crippen MR) is 62.2 cm³/mol. The van der Waals surface area contributed by atoms with Gasteiger partial charge in [-0.15, -0.1) is 0 Å². The summed E-state index contributed by atoms with van der Waals surface area (Å²) in [4.78, 5) is 11.1. The van der Waals surface area contributed by atoms with Gasteiger partial charge in [-0.3, -0.25) is 4.79 Å². The van der Waals surface area contributed by atoms with E-state index in [1.807, 2.05) is 22.6 Å². The molecule has 1 atom stereocenters. The van der Waals surface area contributed by atoms with Crippen molar-refractivity contribution in [2.75, 3.05) is 0 Å². The maximum atomic E-state index is 13.1. The van der Waals surface area contributed by atoms with Gasteiger partial charge in [-0.25, -0.2) is 4.39 Å². The first-order valence-corrected chi connectivity index (χ1v) is 5.84. The Kier molecular flexibility index (Phi) is 2.95. The molecule has 1 aliphatic rings. The van der Waals surface area contributed by atoms with Crippen LogP contribution in [0.15, 0.2) is 18.2 Å². The fraction of sp³-hybridized carbons (Fsp3) is 0.364. The van der Waals surface area contributed by atoms with Gasteiger partial charge in [-0.2, -0.15) is 0 Å². The number of carbonyl (C=O) groups is 1. The molecule has 0 aromatic heterocycles. The number of rotatable bonds is 3. The van der Waals surface area contributed by atoms with Gasteiger partial charge in [0.1, 0.15) is 5.82 Å². The maximum Gasteiger partial charge on any atom is 0.311 e. The van der Waals surface area contributed by atoms with Crippen molar-refractivity contribution < 1.29 is 14.3 Å². The molecule has 1 fully saturated rings. The molecule has 4 heteroatoms. The molecule has 2 rings (SSSR count). The minimum Gasteiger partial charge on any atom is -0.481 e. The van der Waals surface area contributed by atoms with Gasteiger partial charge in [0.2, 0.25) is 0 Å². The quantitative estimate of drug-likeness (QED) is 0.870. The number of hydrogen-bond acceptors (Lipinski definition) is 1. The van der Waals surface area contributed by atoms with E-state index < -0.39 is 11.9 Å². The number of halogens is 2. The molecule has 0 saturated heterocycles. The molecule has 1 saturated carbocycles. The van der Waals surface area contributed by atoms with Crippen molar-refractivity contribution in [2.45, 2.75) is 18.8 Å². The third-order valence-corrected chi connectivity index (χ3v) is 3.23. The van der Waals surface area contributed by atoms with E-state index >= 15 is 0 Å². The van der Waals surface area contributed by atoms with Crippen LogP contribution >= 0.6 is 22.6 Å². The highest BCUT2D eigenvalue weighted by atomic mass is 127. The van der Waals surface area contributed by atoms with Crippen LogP contribution in [0.5, 0.6) is 0 Å². The molecule has 0 radical (unpaired) electrons. The summed E-state index contributed by atoms with van der Waals surface area (Å²) in [5, 5.41) is 9.09. The van der Waals surface area contributed by atoms with E-state index in [1.54, 1.807) is 6.07 Å². The van der Waals surface area contributed by atoms with Crippen molar-refractivity contribution in [2.24, 2.45) is 5.92 Å². The van der Waals surface area contributed by atoms with E-state index in [2.05, 4.69) is 0 Å². The van der Waals surface area contributed by atoms with E-state index in [9.17, 15) is 9.18 Å². The molecule has 1 N–H and O–H groups in total. The summed E-state index contributed by atoms with van der Waals surface area (Å²) in [5.74, 6) is -1.54. The molecule has 0 aliphatic heterocycles. The van der Waals surface area contributed by atoms with Crippen LogP contribution in [0.1, 0.15) is 24.3 Å². The lowest BCUT2D eigenvalue weighted by Gasteiger charge is -2.11. The molecule has 2 nitrogen and oxygen atoms in total. The third kappa shape index (κ3) is 2.48. The summed E-state index contributed by atoms with van der Waals surface area (Å²) in [6.07, 6.45) is 1.87. The Morgan fingerprint density at radius 1 is 1.47 bits per heavy atom. The topological polar surface area (TPSA) is 37.3 Å². The second-order valence-corrected chi connectivity index (χ2v) is 5.10. The first kappa shape index (κ1) is 10.9. The Morgan fingerprint density at radius 2 is 2.13 bits per heavy atom. The summed E-state index contributed by atoms with van der Waals surface area (Å²) in [6.45, 7) is 0. The number of carboxylic acids is 1. The van der Waals surface area contributed by atoms with Gasteiger partial charge in [0, 0.05) is 3.57 Å². The highest BCUT2D eigenvalue weighted by molar-refractivity contribution is 14.1. The lowest BCUT2D eigenvalue weighted by Crippen LogP contribution is -2.14. The average molecular weight is 320 g/mol. The first-order valence-electron chi connectivity index (χ1n) is 4.76. The van der Waals surface area contributed by atoms with Gasteiger partial charge >= 0.3 is 5.97 Å². The molecule has 0 bridgehead atoms. The molecule has 1 aromatic rings. The van der Waals surface area contributed by atoms with Gasteiger partial charge in [0.25, 0.3) is 0 Å². The number of hydrogen-bond donors (Lipinski definition) is 1. The van der Waals surface area contributed by atoms with Crippen LogP contribution in [0.25, 0.3) is 0 Å². The van der Waals surface area contributed by atoms with Crippen LogP contribution in [0.3, 0.4) is 0 Å². The minimum atomic E-state index is -0.848. The lowest BCUT2D eigenvalue weighted by molar-refractivity contribution is -0.139. The Labute approximate surface area is 101 Å². The number of benzene rings is 1. The van der Waals surface area contributed by atoms with Crippen molar-refractivity contribution in [1.82, 2.24) is 0 Å². The summed E-state index contributed by atoms with van der Waals surface area (Å²) >= 11 is 2.00. The zero-order valence-corrected chi connectivity index (χ0v) is 10.1. The van der Waals surface area contributed by atoms with Crippen LogP contribution in [-0.4, -0.2) is 11.1 Å². The first-order chi connectivity index (χ1) is 7.08. The molecular formula is C11H10FIO2. The monoisotopic (exact) mass is 320 g/mol. The molecule has 0 heterocycles. The zero-order chi connectivity index (χ0) is 11.0. The highest BCUT2D eigenvalue weighted by Gasteiger charge is 2.37. The van der Waals surface area contributed by atoms with E-state index in [-0.39, 0.29) is 11.7 Å². The van der Waals surface area contributed by atoms with Crippen LogP contribution in [0.4, 0.5) is 4.39 Å². The van der Waals surface area contributed by atoms with Crippen molar-refractivity contribution in [3.8, 4) is 0 Å². The smallest absolute Gasteiger partial charge is 0.311 e. The lowest BCUT2D eigenvalue weighted by atomic mass is 9.94. The standard InChI is InChI=1S/C11H10FIO2/c12-8-3-7(4-9(13)5-8)10(11(14)15)6-1-2-6/h3-6,10H,1-2H2,(H,14,15). The molecular weight excluding hydrogens is 310 g/mol. The fourth-order valence-electron chi connectivity index (χ4n) is 1.80. The Bertz CT molecular complexity index is 381. The average Bonchev–Trinajstić information content (AvgIpc) is 2.85. The predicted octanol–water partition coefficient (Wildman–Crippen LogP) is 3.01. The van der Waals surface area contributed by atoms with Gasteiger partial charge in [-0.05, 0) is 65.1 Å². The Morgan fingerprint density at radius 3 is 2.60 bits per heavy atom. The van der Waals surface area contributed by atoms with Gasteiger partial charge < -0.3 is 5.11 Å². The second-order valence-electron chi connectivity index (χ2n) is 3.86. The molecule has 0 spiro atoms. The summed E-state index contributed by atoms with van der Waals surface area (Å²) in [7, 11) is 0. The molecule has 0 amide bonds. The molecule has 15 heavy (non-hydrogen) atoms. The molecule has 1 aliphatic carbocycles. The highest BCUT2D eigenvalue weighted by Crippen LogP contribution is 2.43. The largest absolute Gasteiger partial charge is 0.481 e. The van der Waals surface area contributed by atoms with Crippen LogP contribution < -0.4 is 0 Å². The molecule has 80 valence electrons. The van der Waals surface area contributed by atoms with Crippen LogP contribution in [0.2, 0.25) is 0 Å². The zero-order valence-electron chi connectivity index (χ0n) is 7.91. The SMILES string of the molecule is O=C(O)C(c1cc(F)cc(I)c1)C1CC1. The Hall–Kier alpha value is -0.650. The van der Waals surface area contributed by atoms with Crippen molar-refractivity contribution in [1.29, 1.82) is 0 Å². The molecule has 1 aromatic carbocycles. The normalized spacial score (nSPS) is 17.5. The number of aliphatic carboxylic acids is 1. The summed E-state index contributed by atoms with van der Waals surface area (Å²) < 4.78 is 13.9. The van der Waals surface area contributed by atoms with E-state index in [1.165, 1.54) is 12.1 Å². The van der Waals surface area contributed by atoms with Gasteiger partial charge in [0.15, 0.2) is 0 Å². The number of carboxylic acid groups (broad SMARTS) is 1. The van der Waals surface area contributed by atoms with E-state index in [0.717, 1.165) is 16.4 Å². The molecule has 1 unspecified atom stereocenters. The third-order valence-electron chi connectivity index (χ3n) is 2.60. The van der Waals surface area contributed by atoms with Gasteiger partial charge in [-0.1, -0.05) is 0 Å². The fourth-order valence-corrected chi connectivity index (χ4v) is 2.46. The van der Waals surface area contributed by atoms with Crippen molar-refractivity contribution in [3.05, 3.63) is 33.1 Å². The van der Waals surface area contributed by atoms with Crippen LogP contribution in [-0.2, 0) is 4.79 Å².